The van der Waals surface area contributed by atoms with Gasteiger partial charge in [-0.2, -0.15) is 0 Å². The molecule has 23 heavy (non-hydrogen) atoms. The molecule has 1 aliphatic heterocycles. The summed E-state index contributed by atoms with van der Waals surface area (Å²) in [5, 5.41) is 0. The molecule has 0 saturated carbocycles. The maximum atomic E-state index is 5.62. The Morgan fingerprint density at radius 2 is 1.52 bits per heavy atom. The van der Waals surface area contributed by atoms with Crippen molar-refractivity contribution in [2.75, 3.05) is 6.61 Å². The standard InChI is InChI=1S/C21H37NO/c1-4-5-6-7-8-9-10-11-12-13-14-15-16-17-18-20-22-21(2,3)19-23-20/h8-11H,4-7,12-19H2,1-3H3/b9-8+,11-10+. The Bertz CT molecular complexity index is 379. The van der Waals surface area contributed by atoms with E-state index in [1.807, 2.05) is 0 Å². The van der Waals surface area contributed by atoms with Gasteiger partial charge in [0.2, 0.25) is 0 Å². The number of unbranched alkanes of at least 4 members (excludes halogenated alkanes) is 8. The van der Waals surface area contributed by atoms with Gasteiger partial charge in [0.1, 0.15) is 6.61 Å². The fourth-order valence-corrected chi connectivity index (χ4v) is 2.72. The Morgan fingerprint density at radius 1 is 0.913 bits per heavy atom. The molecule has 0 aromatic carbocycles. The zero-order chi connectivity index (χ0) is 16.8. The molecule has 0 radical (unpaired) electrons. The molecule has 0 fully saturated rings. The van der Waals surface area contributed by atoms with Crippen molar-refractivity contribution >= 4 is 5.90 Å². The van der Waals surface area contributed by atoms with Gasteiger partial charge >= 0.3 is 0 Å². The van der Waals surface area contributed by atoms with E-state index in [0.717, 1.165) is 18.9 Å². The second-order valence-electron chi connectivity index (χ2n) is 7.27. The third-order valence-corrected chi connectivity index (χ3v) is 4.14. The molecule has 1 heterocycles. The third-order valence-electron chi connectivity index (χ3n) is 4.14. The molecule has 132 valence electrons. The molecular formula is C21H37NO. The topological polar surface area (TPSA) is 21.6 Å². The Kier molecular flexibility index (Phi) is 10.8. The summed E-state index contributed by atoms with van der Waals surface area (Å²) in [5.74, 6) is 0.976. The van der Waals surface area contributed by atoms with Crippen molar-refractivity contribution in [3.8, 4) is 0 Å². The Labute approximate surface area is 144 Å². The largest absolute Gasteiger partial charge is 0.478 e. The highest BCUT2D eigenvalue weighted by Crippen LogP contribution is 2.19. The van der Waals surface area contributed by atoms with Gasteiger partial charge in [-0.25, -0.2) is 4.99 Å². The van der Waals surface area contributed by atoms with Gasteiger partial charge in [0, 0.05) is 6.42 Å². The number of ether oxygens (including phenoxy) is 1. The molecule has 0 aromatic rings. The minimum absolute atomic E-state index is 0.00607. The quantitative estimate of drug-likeness (QED) is 0.276. The third kappa shape index (κ3) is 11.2. The van der Waals surface area contributed by atoms with Gasteiger partial charge in [0.25, 0.3) is 0 Å². The lowest BCUT2D eigenvalue weighted by Crippen LogP contribution is -2.17. The number of rotatable bonds is 13. The molecule has 0 atom stereocenters. The van der Waals surface area contributed by atoms with Crippen LogP contribution in [-0.2, 0) is 4.74 Å². The Balaban J connectivity index is 1.86. The second-order valence-corrected chi connectivity index (χ2v) is 7.27. The van der Waals surface area contributed by atoms with Crippen molar-refractivity contribution in [1.82, 2.24) is 0 Å². The summed E-state index contributed by atoms with van der Waals surface area (Å²) in [5.41, 5.74) is 0.00607. The van der Waals surface area contributed by atoms with E-state index in [1.54, 1.807) is 0 Å². The molecular weight excluding hydrogens is 282 g/mol. The van der Waals surface area contributed by atoms with E-state index in [4.69, 9.17) is 4.74 Å². The van der Waals surface area contributed by atoms with Crippen LogP contribution < -0.4 is 0 Å². The van der Waals surface area contributed by atoms with Gasteiger partial charge in [-0.3, -0.25) is 0 Å². The second kappa shape index (κ2) is 12.4. The van der Waals surface area contributed by atoms with Crippen LogP contribution in [0.25, 0.3) is 0 Å². The minimum Gasteiger partial charge on any atom is -0.478 e. The van der Waals surface area contributed by atoms with E-state index in [9.17, 15) is 0 Å². The SMILES string of the molecule is CCCCC/C=C/C=C/CCCCCCCC1=NC(C)(C)CO1. The van der Waals surface area contributed by atoms with E-state index < -0.39 is 0 Å². The summed E-state index contributed by atoms with van der Waals surface area (Å²) in [7, 11) is 0. The summed E-state index contributed by atoms with van der Waals surface area (Å²) in [6, 6.07) is 0. The average Bonchev–Trinajstić information content (AvgIpc) is 2.87. The molecule has 1 aliphatic rings. The summed E-state index contributed by atoms with van der Waals surface area (Å²) in [4.78, 5) is 4.60. The number of hydrogen-bond donors (Lipinski definition) is 0. The molecule has 0 aliphatic carbocycles. The predicted octanol–water partition coefficient (Wildman–Crippen LogP) is 6.62. The number of allylic oxidation sites excluding steroid dienone is 4. The van der Waals surface area contributed by atoms with E-state index in [1.165, 1.54) is 64.2 Å². The molecule has 0 N–H and O–H groups in total. The first-order valence-electron chi connectivity index (χ1n) is 9.67. The maximum Gasteiger partial charge on any atom is 0.183 e. The summed E-state index contributed by atoms with van der Waals surface area (Å²) >= 11 is 0. The molecule has 0 unspecified atom stereocenters. The molecule has 2 nitrogen and oxygen atoms in total. The lowest BCUT2D eigenvalue weighted by atomic mass is 10.1. The summed E-state index contributed by atoms with van der Waals surface area (Å²) in [6.45, 7) is 7.27. The van der Waals surface area contributed by atoms with E-state index >= 15 is 0 Å². The van der Waals surface area contributed by atoms with Crippen LogP contribution in [0.3, 0.4) is 0 Å². The fraction of sp³-hybridized carbons (Fsp3) is 0.762. The van der Waals surface area contributed by atoms with Crippen LogP contribution in [-0.4, -0.2) is 18.0 Å². The smallest absolute Gasteiger partial charge is 0.183 e. The predicted molar refractivity (Wildman–Crippen MR) is 102 cm³/mol. The Morgan fingerprint density at radius 3 is 2.13 bits per heavy atom. The van der Waals surface area contributed by atoms with Gasteiger partial charge in [0.15, 0.2) is 5.90 Å². The molecule has 0 spiro atoms. The fourth-order valence-electron chi connectivity index (χ4n) is 2.72. The van der Waals surface area contributed by atoms with Gasteiger partial charge < -0.3 is 4.74 Å². The van der Waals surface area contributed by atoms with Crippen LogP contribution in [0.4, 0.5) is 0 Å². The van der Waals surface area contributed by atoms with Crippen LogP contribution in [0.5, 0.6) is 0 Å². The Hall–Kier alpha value is -1.05. The van der Waals surface area contributed by atoms with Crippen molar-refractivity contribution in [3.05, 3.63) is 24.3 Å². The number of nitrogens with zero attached hydrogens (tertiary/aromatic N) is 1. The lowest BCUT2D eigenvalue weighted by Gasteiger charge is -2.07. The van der Waals surface area contributed by atoms with Crippen molar-refractivity contribution in [2.24, 2.45) is 4.99 Å². The highest BCUT2D eigenvalue weighted by atomic mass is 16.5. The van der Waals surface area contributed by atoms with Crippen LogP contribution >= 0.6 is 0 Å². The van der Waals surface area contributed by atoms with Gasteiger partial charge in [-0.15, -0.1) is 0 Å². The number of aliphatic imine (C=N–C) groups is 1. The van der Waals surface area contributed by atoms with Gasteiger partial charge in [0.05, 0.1) is 5.54 Å². The van der Waals surface area contributed by atoms with E-state index in [0.29, 0.717) is 0 Å². The highest BCUT2D eigenvalue weighted by Gasteiger charge is 2.25. The summed E-state index contributed by atoms with van der Waals surface area (Å²) in [6.07, 6.45) is 23.0. The van der Waals surface area contributed by atoms with Crippen molar-refractivity contribution in [3.63, 3.8) is 0 Å². The molecule has 0 saturated heterocycles. The first kappa shape index (κ1) is 20.0. The van der Waals surface area contributed by atoms with Crippen LogP contribution in [0.2, 0.25) is 0 Å². The van der Waals surface area contributed by atoms with Crippen molar-refractivity contribution in [1.29, 1.82) is 0 Å². The highest BCUT2D eigenvalue weighted by molar-refractivity contribution is 5.78. The first-order valence-corrected chi connectivity index (χ1v) is 9.67. The normalized spacial score (nSPS) is 17.1. The first-order chi connectivity index (χ1) is 11.1. The van der Waals surface area contributed by atoms with Gasteiger partial charge in [-0.1, -0.05) is 63.3 Å². The van der Waals surface area contributed by atoms with E-state index in [-0.39, 0.29) is 5.54 Å². The monoisotopic (exact) mass is 319 g/mol. The average molecular weight is 320 g/mol. The molecule has 0 amide bonds. The maximum absolute atomic E-state index is 5.62. The molecule has 0 aromatic heterocycles. The number of hydrogen-bond acceptors (Lipinski definition) is 2. The molecule has 0 bridgehead atoms. The van der Waals surface area contributed by atoms with E-state index in [2.05, 4.69) is 50.1 Å². The van der Waals surface area contributed by atoms with Gasteiger partial charge in [-0.05, 0) is 46.0 Å². The van der Waals surface area contributed by atoms with Crippen LogP contribution in [0, 0.1) is 0 Å². The van der Waals surface area contributed by atoms with Crippen LogP contribution in [0.15, 0.2) is 29.3 Å². The zero-order valence-corrected chi connectivity index (χ0v) is 15.7. The zero-order valence-electron chi connectivity index (χ0n) is 15.7. The molecule has 2 heteroatoms. The van der Waals surface area contributed by atoms with Crippen molar-refractivity contribution in [2.45, 2.75) is 96.9 Å². The molecule has 1 rings (SSSR count). The lowest BCUT2D eigenvalue weighted by molar-refractivity contribution is 0.273. The van der Waals surface area contributed by atoms with Crippen molar-refractivity contribution < 1.29 is 4.74 Å². The van der Waals surface area contributed by atoms with Crippen LogP contribution in [0.1, 0.15) is 91.4 Å². The minimum atomic E-state index is 0.00607. The summed E-state index contributed by atoms with van der Waals surface area (Å²) < 4.78 is 5.62.